The first-order valence-electron chi connectivity index (χ1n) is 37.9. The zero-order valence-electron chi connectivity index (χ0n) is 60.9. The van der Waals surface area contributed by atoms with Crippen LogP contribution in [0.25, 0.3) is 210 Å². The van der Waals surface area contributed by atoms with Gasteiger partial charge in [-0.15, -0.1) is 0 Å². The fourth-order valence-electron chi connectivity index (χ4n) is 16.6. The Morgan fingerprint density at radius 1 is 0.152 bits per heavy atom. The molecule has 21 aromatic rings. The van der Waals surface area contributed by atoms with Crippen LogP contribution in [-0.4, -0.2) is 29.9 Å². The molecule has 0 atom stereocenters. The number of hydrogen-bond acceptors (Lipinski definition) is 6. The maximum atomic E-state index is 5.43. The Hall–Kier alpha value is -15.0. The van der Waals surface area contributed by atoms with Crippen LogP contribution in [0, 0.1) is 0 Å². The molecular weight excluding hydrogens is 1360 g/mol. The summed E-state index contributed by atoms with van der Waals surface area (Å²) in [6.45, 7) is 0. The molecule has 0 spiro atoms. The first kappa shape index (κ1) is 66.5. The fourth-order valence-corrected chi connectivity index (χ4v) is 16.6. The fraction of sp³-hybridized carbons (Fsp3) is 0. The lowest BCUT2D eigenvalue weighted by molar-refractivity contribution is 1.18. The number of nitrogens with zero attached hydrogens (tertiary/aromatic N) is 6. The van der Waals surface area contributed by atoms with Crippen molar-refractivity contribution in [1.82, 2.24) is 29.9 Å². The number of benzene rings is 17. The molecule has 0 bridgehead atoms. The Morgan fingerprint density at radius 2 is 0.455 bits per heavy atom. The van der Waals surface area contributed by atoms with Gasteiger partial charge in [0.25, 0.3) is 0 Å². The molecule has 112 heavy (non-hydrogen) atoms. The van der Waals surface area contributed by atoms with E-state index in [1.54, 1.807) is 6.20 Å². The van der Waals surface area contributed by atoms with Crippen molar-refractivity contribution in [3.8, 4) is 135 Å². The number of hydrogen-bond donors (Lipinski definition) is 0. The molecule has 0 aliphatic heterocycles. The summed E-state index contributed by atoms with van der Waals surface area (Å²) >= 11 is 0. The van der Waals surface area contributed by atoms with E-state index in [0.717, 1.165) is 100 Å². The highest BCUT2D eigenvalue weighted by atomic mass is 14.9. The van der Waals surface area contributed by atoms with E-state index in [0.29, 0.717) is 11.6 Å². The summed E-state index contributed by atoms with van der Waals surface area (Å²) in [5.74, 6) is 1.35. The molecule has 17 aromatic carbocycles. The molecule has 6 nitrogen and oxygen atoms in total. The second kappa shape index (κ2) is 29.0. The Kier molecular flexibility index (Phi) is 17.2. The van der Waals surface area contributed by atoms with Crippen LogP contribution in [0.5, 0.6) is 0 Å². The van der Waals surface area contributed by atoms with Crippen molar-refractivity contribution in [2.45, 2.75) is 0 Å². The van der Waals surface area contributed by atoms with Gasteiger partial charge in [-0.3, -0.25) is 9.97 Å². The summed E-state index contributed by atoms with van der Waals surface area (Å²) in [6.07, 6.45) is 7.42. The first-order valence-corrected chi connectivity index (χ1v) is 37.9. The van der Waals surface area contributed by atoms with Gasteiger partial charge >= 0.3 is 0 Å². The van der Waals surface area contributed by atoms with Crippen LogP contribution in [0.15, 0.2) is 413 Å². The lowest BCUT2D eigenvalue weighted by Crippen LogP contribution is -1.97. The van der Waals surface area contributed by atoms with Gasteiger partial charge in [-0.05, 0) is 186 Å². The summed E-state index contributed by atoms with van der Waals surface area (Å²) in [7, 11) is 0. The summed E-state index contributed by atoms with van der Waals surface area (Å²) in [6, 6.07) is 138. The zero-order chi connectivity index (χ0) is 74.3. The topological polar surface area (TPSA) is 77.3 Å². The quantitative estimate of drug-likeness (QED) is 0.0896. The predicted molar refractivity (Wildman–Crippen MR) is 467 cm³/mol. The molecule has 0 radical (unpaired) electrons. The van der Waals surface area contributed by atoms with Gasteiger partial charge in [-0.1, -0.05) is 334 Å². The van der Waals surface area contributed by atoms with Crippen LogP contribution in [0.3, 0.4) is 0 Å². The van der Waals surface area contributed by atoms with Crippen molar-refractivity contribution in [1.29, 1.82) is 0 Å². The van der Waals surface area contributed by atoms with E-state index in [2.05, 4.69) is 386 Å². The van der Waals surface area contributed by atoms with Gasteiger partial charge in [0.05, 0.1) is 22.8 Å². The van der Waals surface area contributed by atoms with Crippen molar-refractivity contribution in [2.75, 3.05) is 0 Å². The van der Waals surface area contributed by atoms with Crippen molar-refractivity contribution in [3.05, 3.63) is 413 Å². The van der Waals surface area contributed by atoms with Crippen LogP contribution >= 0.6 is 0 Å². The Bertz CT molecular complexity index is 7070. The van der Waals surface area contributed by atoms with Crippen molar-refractivity contribution < 1.29 is 0 Å². The minimum atomic E-state index is 0.674. The van der Waals surface area contributed by atoms with Gasteiger partial charge in [-0.25, -0.2) is 19.9 Å². The summed E-state index contributed by atoms with van der Waals surface area (Å²) in [5, 5.41) is 16.9. The molecule has 0 N–H and O–H groups in total. The molecule has 0 saturated carbocycles. The molecule has 4 heterocycles. The molecule has 0 amide bonds. The van der Waals surface area contributed by atoms with Gasteiger partial charge < -0.3 is 0 Å². The van der Waals surface area contributed by atoms with Gasteiger partial charge in [-0.2, -0.15) is 0 Å². The van der Waals surface area contributed by atoms with E-state index in [-0.39, 0.29) is 0 Å². The highest BCUT2D eigenvalue weighted by Crippen LogP contribution is 2.48. The van der Waals surface area contributed by atoms with Gasteiger partial charge in [0, 0.05) is 69.3 Å². The molecule has 6 heteroatoms. The minimum Gasteiger partial charge on any atom is -0.264 e. The molecule has 21 rings (SSSR count). The maximum Gasteiger partial charge on any atom is 0.160 e. The van der Waals surface area contributed by atoms with Crippen molar-refractivity contribution in [2.24, 2.45) is 0 Å². The Balaban J connectivity index is 0.000000146. The molecule has 0 fully saturated rings. The molecular formula is C106H68N6. The SMILES string of the molecule is c1ccc(-c2c3ccccc3c(-c3cccc(-c4nc(-c5cccc(-c6cccnc6)c5)cc(-c5cc6ccccc6c6ccccc56)n4)c3)c3ccccc23)cc1.c1ccc(-c2c3ccccc3c(-c3cccc(-c4nc(-c5cccc(-c6cccnc6)c5)cc(-c5cccc6ccccc56)n4)c3)c3ccccc23)cc1. The van der Waals surface area contributed by atoms with Crippen LogP contribution < -0.4 is 0 Å². The lowest BCUT2D eigenvalue weighted by Gasteiger charge is -2.18. The van der Waals surface area contributed by atoms with E-state index in [1.807, 2.05) is 30.7 Å². The molecule has 0 aliphatic carbocycles. The van der Waals surface area contributed by atoms with Gasteiger partial charge in [0.2, 0.25) is 0 Å². The van der Waals surface area contributed by atoms with E-state index >= 15 is 0 Å². The highest BCUT2D eigenvalue weighted by molar-refractivity contribution is 6.23. The van der Waals surface area contributed by atoms with E-state index in [9.17, 15) is 0 Å². The molecule has 0 saturated heterocycles. The average Bonchev–Trinajstić information content (AvgIpc) is 0.747. The number of pyridine rings is 2. The van der Waals surface area contributed by atoms with E-state index in [1.165, 1.54) is 98.0 Å². The third kappa shape index (κ3) is 12.4. The summed E-state index contributed by atoms with van der Waals surface area (Å²) < 4.78 is 0. The average molecular weight is 1430 g/mol. The van der Waals surface area contributed by atoms with Gasteiger partial charge in [0.1, 0.15) is 0 Å². The number of fused-ring (bicyclic) bond motifs is 8. The van der Waals surface area contributed by atoms with Crippen LogP contribution in [-0.2, 0) is 0 Å². The van der Waals surface area contributed by atoms with Crippen LogP contribution in [0.2, 0.25) is 0 Å². The summed E-state index contributed by atoms with van der Waals surface area (Å²) in [4.78, 5) is 30.2. The lowest BCUT2D eigenvalue weighted by atomic mass is 9.85. The third-order valence-electron chi connectivity index (χ3n) is 21.7. The van der Waals surface area contributed by atoms with Gasteiger partial charge in [0.15, 0.2) is 11.6 Å². The molecule has 0 aliphatic rings. The largest absolute Gasteiger partial charge is 0.264 e. The highest BCUT2D eigenvalue weighted by Gasteiger charge is 2.23. The van der Waals surface area contributed by atoms with E-state index < -0.39 is 0 Å². The Morgan fingerprint density at radius 3 is 0.902 bits per heavy atom. The maximum absolute atomic E-state index is 5.43. The van der Waals surface area contributed by atoms with Crippen molar-refractivity contribution >= 4 is 75.4 Å². The standard InChI is InChI=1S/C55H35N3.C51H33N3/c1-2-15-36(16-3-1)53-46-26-8-10-28-48(46)54(49-29-11-9-27-47(49)53)40-20-13-21-41(32-40)55-57-51(39-19-12-18-37(31-39)42-22-14-30-56-35-42)34-52(58-55)50-33-38-17-4-5-23-43(38)44-24-6-7-25-45(44)50;1-2-15-35(16-3-1)49-43-24-6-8-26-45(43)50(46-27-9-7-25-44(46)49)38-20-11-21-39(31-38)51-53-47(37-19-10-18-36(30-37)40-22-13-29-52-33-40)32-48(54-51)42-28-12-17-34-14-4-5-23-41(34)42/h1-35H;1-33H. The molecule has 4 aromatic heterocycles. The zero-order valence-corrected chi connectivity index (χ0v) is 60.9. The van der Waals surface area contributed by atoms with Crippen LogP contribution in [0.1, 0.15) is 0 Å². The second-order valence-electron chi connectivity index (χ2n) is 28.4. The monoisotopic (exact) mass is 1420 g/mol. The molecule has 522 valence electrons. The normalized spacial score (nSPS) is 11.4. The van der Waals surface area contributed by atoms with Crippen LogP contribution in [0.4, 0.5) is 0 Å². The summed E-state index contributed by atoms with van der Waals surface area (Å²) in [5.41, 5.74) is 23.5. The number of aromatic nitrogens is 6. The van der Waals surface area contributed by atoms with E-state index in [4.69, 9.17) is 19.9 Å². The minimum absolute atomic E-state index is 0.674. The second-order valence-corrected chi connectivity index (χ2v) is 28.4. The third-order valence-corrected chi connectivity index (χ3v) is 21.7. The van der Waals surface area contributed by atoms with Crippen molar-refractivity contribution in [3.63, 3.8) is 0 Å². The molecule has 0 unspecified atom stereocenters. The first-order chi connectivity index (χ1) is 55.5. The number of rotatable bonds is 12. The Labute approximate surface area is 648 Å². The predicted octanol–water partition coefficient (Wildman–Crippen LogP) is 27.8. The smallest absolute Gasteiger partial charge is 0.160 e.